The van der Waals surface area contributed by atoms with Crippen molar-refractivity contribution in [3.63, 3.8) is 0 Å². The van der Waals surface area contributed by atoms with Crippen LogP contribution in [0.2, 0.25) is 0 Å². The lowest BCUT2D eigenvalue weighted by Crippen LogP contribution is -2.42. The number of fused-ring (bicyclic) bond motifs is 5. The molecule has 3 nitrogen and oxygen atoms in total. The predicted octanol–water partition coefficient (Wildman–Crippen LogP) is 4.08. The molecule has 3 heteroatoms. The summed E-state index contributed by atoms with van der Waals surface area (Å²) in [6, 6.07) is 5.93. The van der Waals surface area contributed by atoms with Gasteiger partial charge in [-0.1, -0.05) is 18.1 Å². The highest BCUT2D eigenvalue weighted by Crippen LogP contribution is 2.59. The van der Waals surface area contributed by atoms with E-state index in [1.165, 1.54) is 30.4 Å². The summed E-state index contributed by atoms with van der Waals surface area (Å²) in [6.45, 7) is 2.31. The lowest BCUT2D eigenvalue weighted by atomic mass is 9.55. The molecule has 0 unspecified atom stereocenters. The van der Waals surface area contributed by atoms with E-state index in [9.17, 15) is 10.3 Å². The fraction of sp³-hybridized carbons (Fsp3) is 0.611. The van der Waals surface area contributed by atoms with E-state index in [1.807, 2.05) is 12.1 Å². The second-order valence-corrected chi connectivity index (χ2v) is 7.34. The number of nitrogens with zero attached hydrogens (tertiary/aromatic N) is 1. The number of aryl methyl sites for hydroxylation is 1. The van der Waals surface area contributed by atoms with Crippen molar-refractivity contribution in [2.24, 2.45) is 22.4 Å². The van der Waals surface area contributed by atoms with Gasteiger partial charge in [0.05, 0.1) is 5.71 Å². The van der Waals surface area contributed by atoms with Crippen molar-refractivity contribution in [2.75, 3.05) is 0 Å². The Balaban J connectivity index is 1.72. The molecule has 0 aromatic heterocycles. The molecular weight excluding hydrogens is 262 g/mol. The van der Waals surface area contributed by atoms with Crippen molar-refractivity contribution < 1.29 is 10.3 Å². The van der Waals surface area contributed by atoms with E-state index in [0.717, 1.165) is 25.0 Å². The molecule has 2 N–H and O–H groups in total. The van der Waals surface area contributed by atoms with Gasteiger partial charge in [0.25, 0.3) is 0 Å². The van der Waals surface area contributed by atoms with Gasteiger partial charge in [-0.25, -0.2) is 0 Å². The normalized spacial score (nSPS) is 39.7. The minimum absolute atomic E-state index is 0.115. The molecule has 0 bridgehead atoms. The minimum Gasteiger partial charge on any atom is -0.508 e. The SMILES string of the molecule is C[C@]12CC[C@@H]3c4ccc(O)cc4CC[C@@H]3[C@@H]1CC/C2=N/O. The van der Waals surface area contributed by atoms with E-state index in [-0.39, 0.29) is 5.41 Å². The van der Waals surface area contributed by atoms with Crippen LogP contribution >= 0.6 is 0 Å². The number of hydrogen-bond acceptors (Lipinski definition) is 3. The van der Waals surface area contributed by atoms with Crippen LogP contribution in [-0.4, -0.2) is 16.0 Å². The maximum atomic E-state index is 9.70. The molecule has 3 aliphatic rings. The molecule has 0 radical (unpaired) electrons. The van der Waals surface area contributed by atoms with Gasteiger partial charge in [0.2, 0.25) is 0 Å². The lowest BCUT2D eigenvalue weighted by Gasteiger charge is -2.48. The number of oxime groups is 1. The Labute approximate surface area is 125 Å². The second-order valence-electron chi connectivity index (χ2n) is 7.34. The van der Waals surface area contributed by atoms with Gasteiger partial charge in [-0.2, -0.15) is 0 Å². The third-order valence-corrected chi connectivity index (χ3v) is 6.57. The average molecular weight is 285 g/mol. The number of aromatic hydroxyl groups is 1. The number of rotatable bonds is 0. The van der Waals surface area contributed by atoms with Gasteiger partial charge in [0, 0.05) is 5.41 Å². The number of benzene rings is 1. The van der Waals surface area contributed by atoms with E-state index >= 15 is 0 Å². The molecule has 0 saturated heterocycles. The van der Waals surface area contributed by atoms with Crippen LogP contribution in [0.5, 0.6) is 5.75 Å². The fourth-order valence-corrected chi connectivity index (χ4v) is 5.52. The Bertz CT molecular complexity index is 609. The van der Waals surface area contributed by atoms with Crippen LogP contribution in [0, 0.1) is 17.3 Å². The summed E-state index contributed by atoms with van der Waals surface area (Å²) >= 11 is 0. The maximum Gasteiger partial charge on any atom is 0.115 e. The van der Waals surface area contributed by atoms with Gasteiger partial charge in [-0.3, -0.25) is 0 Å². The summed E-state index contributed by atoms with van der Waals surface area (Å²) in [5, 5.41) is 22.6. The fourth-order valence-electron chi connectivity index (χ4n) is 5.52. The molecule has 2 saturated carbocycles. The Morgan fingerprint density at radius 2 is 2.05 bits per heavy atom. The van der Waals surface area contributed by atoms with E-state index in [2.05, 4.69) is 18.1 Å². The topological polar surface area (TPSA) is 52.8 Å². The largest absolute Gasteiger partial charge is 0.508 e. The lowest BCUT2D eigenvalue weighted by molar-refractivity contribution is 0.0938. The van der Waals surface area contributed by atoms with Crippen LogP contribution in [0.3, 0.4) is 0 Å². The quantitative estimate of drug-likeness (QED) is 0.557. The van der Waals surface area contributed by atoms with Crippen molar-refractivity contribution in [3.05, 3.63) is 29.3 Å². The number of phenolic OH excluding ortho intramolecular Hbond substituents is 1. The van der Waals surface area contributed by atoms with Crippen molar-refractivity contribution in [2.45, 2.75) is 51.4 Å². The van der Waals surface area contributed by atoms with Crippen LogP contribution in [-0.2, 0) is 6.42 Å². The molecular formula is C18H23NO2. The zero-order valence-electron chi connectivity index (χ0n) is 12.5. The Kier molecular flexibility index (Phi) is 2.82. The summed E-state index contributed by atoms with van der Waals surface area (Å²) in [5.41, 5.74) is 3.95. The van der Waals surface area contributed by atoms with Crippen molar-refractivity contribution in [1.82, 2.24) is 0 Å². The smallest absolute Gasteiger partial charge is 0.115 e. The van der Waals surface area contributed by atoms with Crippen LogP contribution in [0.15, 0.2) is 23.4 Å². The molecule has 4 rings (SSSR count). The van der Waals surface area contributed by atoms with Gasteiger partial charge in [-0.15, -0.1) is 0 Å². The zero-order chi connectivity index (χ0) is 14.6. The molecule has 1 aromatic carbocycles. The minimum atomic E-state index is 0.115. The molecule has 0 heterocycles. The van der Waals surface area contributed by atoms with Gasteiger partial charge >= 0.3 is 0 Å². The van der Waals surface area contributed by atoms with Gasteiger partial charge in [0.15, 0.2) is 0 Å². The first-order valence-electron chi connectivity index (χ1n) is 8.16. The summed E-state index contributed by atoms with van der Waals surface area (Å²) in [7, 11) is 0. The highest BCUT2D eigenvalue weighted by Gasteiger charge is 2.53. The maximum absolute atomic E-state index is 9.70. The molecule has 0 aliphatic heterocycles. The summed E-state index contributed by atoms with van der Waals surface area (Å²) in [6.07, 6.45) is 6.71. The predicted molar refractivity (Wildman–Crippen MR) is 81.9 cm³/mol. The molecule has 21 heavy (non-hydrogen) atoms. The highest BCUT2D eigenvalue weighted by molar-refractivity contribution is 5.92. The van der Waals surface area contributed by atoms with Crippen LogP contribution in [0.1, 0.15) is 56.1 Å². The van der Waals surface area contributed by atoms with Gasteiger partial charge < -0.3 is 10.3 Å². The first-order valence-corrected chi connectivity index (χ1v) is 8.16. The zero-order valence-corrected chi connectivity index (χ0v) is 12.5. The molecule has 2 fully saturated rings. The molecule has 1 aromatic rings. The molecule has 0 amide bonds. The Hall–Kier alpha value is -1.51. The first-order chi connectivity index (χ1) is 10.1. The third-order valence-electron chi connectivity index (χ3n) is 6.57. The van der Waals surface area contributed by atoms with Gasteiger partial charge in [-0.05, 0) is 79.5 Å². The summed E-state index contributed by atoms with van der Waals surface area (Å²) < 4.78 is 0. The van der Waals surface area contributed by atoms with E-state index in [0.29, 0.717) is 23.5 Å². The molecule has 3 aliphatic carbocycles. The Morgan fingerprint density at radius 3 is 2.86 bits per heavy atom. The molecule has 0 spiro atoms. The van der Waals surface area contributed by atoms with E-state index in [1.54, 1.807) is 0 Å². The van der Waals surface area contributed by atoms with Crippen LogP contribution in [0.25, 0.3) is 0 Å². The monoisotopic (exact) mass is 285 g/mol. The highest BCUT2D eigenvalue weighted by atomic mass is 16.4. The van der Waals surface area contributed by atoms with Crippen LogP contribution in [0.4, 0.5) is 0 Å². The summed E-state index contributed by atoms with van der Waals surface area (Å²) in [4.78, 5) is 0. The van der Waals surface area contributed by atoms with Crippen molar-refractivity contribution in [3.8, 4) is 5.75 Å². The third kappa shape index (κ3) is 1.76. The second kappa shape index (κ2) is 4.49. The molecule has 4 atom stereocenters. The summed E-state index contributed by atoms with van der Waals surface area (Å²) in [5.74, 6) is 2.39. The van der Waals surface area contributed by atoms with E-state index in [4.69, 9.17) is 0 Å². The van der Waals surface area contributed by atoms with Crippen molar-refractivity contribution >= 4 is 5.71 Å². The number of phenols is 1. The standard InChI is InChI=1S/C18H23NO2/c1-18-9-8-14-13-5-3-12(20)10-11(13)2-4-15(14)16(18)6-7-17(18)19-21/h3,5,10,14-16,20-21H,2,4,6-9H2,1H3/b19-17-/t14-,15+,16+,18+/m1/s1. The average Bonchev–Trinajstić information content (AvgIpc) is 2.83. The van der Waals surface area contributed by atoms with E-state index < -0.39 is 0 Å². The van der Waals surface area contributed by atoms with Crippen LogP contribution < -0.4 is 0 Å². The molecule has 112 valence electrons. The van der Waals surface area contributed by atoms with Gasteiger partial charge in [0.1, 0.15) is 5.75 Å². The van der Waals surface area contributed by atoms with Crippen molar-refractivity contribution in [1.29, 1.82) is 0 Å². The Morgan fingerprint density at radius 1 is 1.19 bits per heavy atom. The number of hydrogen-bond donors (Lipinski definition) is 2. The first kappa shape index (κ1) is 13.2.